The predicted molar refractivity (Wildman–Crippen MR) is 82.4 cm³/mol. The number of piperazine rings is 1. The molecule has 5 nitrogen and oxygen atoms in total. The average Bonchev–Trinajstić information content (AvgIpc) is 2.94. The number of anilines is 2. The molecule has 5 heteroatoms. The van der Waals surface area contributed by atoms with Gasteiger partial charge in [-0.15, -0.1) is 0 Å². The number of nitrogens with two attached hydrogens (primary N) is 1. The smallest absolute Gasteiger partial charge is 0.257 e. The molecule has 1 aromatic carbocycles. The minimum absolute atomic E-state index is 0.0348. The number of nitrogen functional groups attached to an aromatic ring is 1. The van der Waals surface area contributed by atoms with E-state index in [-0.39, 0.29) is 5.91 Å². The van der Waals surface area contributed by atoms with Gasteiger partial charge in [-0.2, -0.15) is 0 Å². The Labute approximate surface area is 123 Å². The first-order chi connectivity index (χ1) is 10.1. The first-order valence-corrected chi connectivity index (χ1v) is 7.09. The average molecular weight is 285 g/mol. The van der Waals surface area contributed by atoms with Gasteiger partial charge in [0.05, 0.1) is 16.9 Å². The van der Waals surface area contributed by atoms with Crippen LogP contribution in [0.25, 0.3) is 0 Å². The highest BCUT2D eigenvalue weighted by Gasteiger charge is 2.23. The van der Waals surface area contributed by atoms with Gasteiger partial charge in [0.2, 0.25) is 0 Å². The van der Waals surface area contributed by atoms with Crippen LogP contribution in [0.4, 0.5) is 11.4 Å². The van der Waals surface area contributed by atoms with E-state index in [1.807, 2.05) is 36.1 Å². The van der Waals surface area contributed by atoms with E-state index in [0.29, 0.717) is 18.7 Å². The second kappa shape index (κ2) is 5.52. The normalized spacial score (nSPS) is 15.3. The van der Waals surface area contributed by atoms with Crippen molar-refractivity contribution >= 4 is 17.3 Å². The second-order valence-corrected chi connectivity index (χ2v) is 5.28. The van der Waals surface area contributed by atoms with Gasteiger partial charge in [0.15, 0.2) is 0 Å². The van der Waals surface area contributed by atoms with Crippen molar-refractivity contribution in [3.63, 3.8) is 0 Å². The molecule has 1 aliphatic heterocycles. The third-order valence-corrected chi connectivity index (χ3v) is 3.82. The van der Waals surface area contributed by atoms with Crippen molar-refractivity contribution in [3.8, 4) is 0 Å². The monoisotopic (exact) mass is 285 g/mol. The lowest BCUT2D eigenvalue weighted by molar-refractivity contribution is 0.0746. The molecule has 0 radical (unpaired) electrons. The summed E-state index contributed by atoms with van der Waals surface area (Å²) in [5.41, 5.74) is 8.46. The number of benzene rings is 1. The van der Waals surface area contributed by atoms with Crippen LogP contribution in [0.5, 0.6) is 0 Å². The quantitative estimate of drug-likeness (QED) is 0.859. The molecule has 1 saturated heterocycles. The van der Waals surface area contributed by atoms with Gasteiger partial charge < -0.3 is 20.0 Å². The molecule has 21 heavy (non-hydrogen) atoms. The van der Waals surface area contributed by atoms with Gasteiger partial charge in [-0.3, -0.25) is 4.79 Å². The number of amides is 1. The summed E-state index contributed by atoms with van der Waals surface area (Å²) in [7, 11) is 0. The summed E-state index contributed by atoms with van der Waals surface area (Å²) in [5, 5.41) is 0. The number of rotatable bonds is 2. The summed E-state index contributed by atoms with van der Waals surface area (Å²) in [4.78, 5) is 16.4. The summed E-state index contributed by atoms with van der Waals surface area (Å²) in [6, 6.07) is 9.62. The highest BCUT2D eigenvalue weighted by molar-refractivity contribution is 5.94. The maximum absolute atomic E-state index is 12.3. The zero-order chi connectivity index (χ0) is 14.8. The summed E-state index contributed by atoms with van der Waals surface area (Å²) >= 11 is 0. The molecular weight excluding hydrogens is 266 g/mol. The molecule has 1 aromatic heterocycles. The highest BCUT2D eigenvalue weighted by atomic mass is 16.3. The van der Waals surface area contributed by atoms with Crippen molar-refractivity contribution in [2.24, 2.45) is 0 Å². The van der Waals surface area contributed by atoms with Gasteiger partial charge in [0.25, 0.3) is 5.91 Å². The number of carbonyl (C=O) groups is 1. The molecule has 0 saturated carbocycles. The van der Waals surface area contributed by atoms with E-state index < -0.39 is 0 Å². The molecule has 3 rings (SSSR count). The van der Waals surface area contributed by atoms with Crippen LogP contribution in [-0.4, -0.2) is 37.0 Å². The van der Waals surface area contributed by atoms with Crippen molar-refractivity contribution in [1.82, 2.24) is 4.90 Å². The summed E-state index contributed by atoms with van der Waals surface area (Å²) in [6.07, 6.45) is 1.53. The van der Waals surface area contributed by atoms with Crippen LogP contribution in [0, 0.1) is 6.92 Å². The minimum atomic E-state index is 0.0348. The Morgan fingerprint density at radius 3 is 2.52 bits per heavy atom. The standard InChI is InChI=1S/C16H19N3O2/c1-12-10-13(11-21-12)16(20)19-8-6-18(7-9-19)15-5-3-2-4-14(15)17/h2-5,10-11H,6-9,17H2,1H3. The van der Waals surface area contributed by atoms with Crippen LogP contribution >= 0.6 is 0 Å². The first kappa shape index (κ1) is 13.5. The molecule has 2 N–H and O–H groups in total. The largest absolute Gasteiger partial charge is 0.469 e. The zero-order valence-electron chi connectivity index (χ0n) is 12.1. The Hall–Kier alpha value is -2.43. The maximum atomic E-state index is 12.3. The van der Waals surface area contributed by atoms with E-state index in [1.54, 1.807) is 6.07 Å². The van der Waals surface area contributed by atoms with Crippen LogP contribution < -0.4 is 10.6 Å². The number of nitrogens with zero attached hydrogens (tertiary/aromatic N) is 2. The van der Waals surface area contributed by atoms with Gasteiger partial charge in [0.1, 0.15) is 12.0 Å². The molecule has 0 spiro atoms. The number of carbonyl (C=O) groups excluding carboxylic acids is 1. The third-order valence-electron chi connectivity index (χ3n) is 3.82. The van der Waals surface area contributed by atoms with Crippen molar-refractivity contribution in [2.75, 3.05) is 36.8 Å². The van der Waals surface area contributed by atoms with Crippen molar-refractivity contribution < 1.29 is 9.21 Å². The zero-order valence-corrected chi connectivity index (χ0v) is 12.1. The van der Waals surface area contributed by atoms with Crippen molar-refractivity contribution in [1.29, 1.82) is 0 Å². The SMILES string of the molecule is Cc1cc(C(=O)N2CCN(c3ccccc3N)CC2)co1. The van der Waals surface area contributed by atoms with Crippen molar-refractivity contribution in [2.45, 2.75) is 6.92 Å². The molecule has 0 aliphatic carbocycles. The molecule has 2 heterocycles. The molecule has 2 aromatic rings. The van der Waals surface area contributed by atoms with Gasteiger partial charge >= 0.3 is 0 Å². The maximum Gasteiger partial charge on any atom is 0.257 e. The van der Waals surface area contributed by atoms with E-state index in [4.69, 9.17) is 10.2 Å². The Balaban J connectivity index is 1.65. The lowest BCUT2D eigenvalue weighted by Gasteiger charge is -2.36. The van der Waals surface area contributed by atoms with E-state index >= 15 is 0 Å². The van der Waals surface area contributed by atoms with Gasteiger partial charge in [-0.05, 0) is 25.1 Å². The Morgan fingerprint density at radius 2 is 1.90 bits per heavy atom. The number of hydrogen-bond acceptors (Lipinski definition) is 4. The fourth-order valence-corrected chi connectivity index (χ4v) is 2.66. The molecule has 0 unspecified atom stereocenters. The number of furan rings is 1. The fourth-order valence-electron chi connectivity index (χ4n) is 2.66. The molecule has 1 amide bonds. The Bertz CT molecular complexity index is 642. The van der Waals surface area contributed by atoms with E-state index in [2.05, 4.69) is 4.90 Å². The van der Waals surface area contributed by atoms with Gasteiger partial charge in [-0.1, -0.05) is 12.1 Å². The van der Waals surface area contributed by atoms with Gasteiger partial charge in [0, 0.05) is 26.2 Å². The molecule has 1 aliphatic rings. The molecular formula is C16H19N3O2. The van der Waals surface area contributed by atoms with E-state index in [0.717, 1.165) is 30.2 Å². The van der Waals surface area contributed by atoms with Crippen LogP contribution in [0.15, 0.2) is 41.0 Å². The topological polar surface area (TPSA) is 62.7 Å². The summed E-state index contributed by atoms with van der Waals surface area (Å²) in [6.45, 7) is 4.80. The molecule has 110 valence electrons. The molecule has 0 atom stereocenters. The Kier molecular flexibility index (Phi) is 3.56. The summed E-state index contributed by atoms with van der Waals surface area (Å²) < 4.78 is 5.21. The van der Waals surface area contributed by atoms with Crippen LogP contribution in [0.2, 0.25) is 0 Å². The van der Waals surface area contributed by atoms with Gasteiger partial charge in [-0.25, -0.2) is 0 Å². The predicted octanol–water partition coefficient (Wildman–Crippen LogP) is 2.13. The molecule has 0 bridgehead atoms. The van der Waals surface area contributed by atoms with E-state index in [1.165, 1.54) is 6.26 Å². The fraction of sp³-hybridized carbons (Fsp3) is 0.312. The van der Waals surface area contributed by atoms with Crippen molar-refractivity contribution in [3.05, 3.63) is 47.9 Å². The van der Waals surface area contributed by atoms with Crippen LogP contribution in [-0.2, 0) is 0 Å². The third kappa shape index (κ3) is 2.72. The first-order valence-electron chi connectivity index (χ1n) is 7.09. The number of aryl methyl sites for hydroxylation is 1. The number of hydrogen-bond donors (Lipinski definition) is 1. The second-order valence-electron chi connectivity index (χ2n) is 5.28. The number of para-hydroxylation sites is 2. The molecule has 1 fully saturated rings. The highest BCUT2D eigenvalue weighted by Crippen LogP contribution is 2.24. The summed E-state index contributed by atoms with van der Waals surface area (Å²) in [5.74, 6) is 0.793. The Morgan fingerprint density at radius 1 is 1.19 bits per heavy atom. The minimum Gasteiger partial charge on any atom is -0.469 e. The van der Waals surface area contributed by atoms with Crippen LogP contribution in [0.3, 0.4) is 0 Å². The lowest BCUT2D eigenvalue weighted by Crippen LogP contribution is -2.48. The van der Waals surface area contributed by atoms with Crippen LogP contribution in [0.1, 0.15) is 16.1 Å². The van der Waals surface area contributed by atoms with E-state index in [9.17, 15) is 4.79 Å². The lowest BCUT2D eigenvalue weighted by atomic mass is 10.2.